The molecule has 0 aromatic heterocycles. The van der Waals surface area contributed by atoms with E-state index in [1.165, 1.54) is 0 Å². The SMILES string of the molecule is CCC(=O)[C@@]1(O)[C@H](C)C[C@H]2[C@@H]3CCC4=C/C(=N/NC(=O)CNC(=O)OC5/C=C/CCCCC5)C=C[C@]4(C)[C@@]3(F)[C@@H](O)C[C@@]21C. The number of alkyl halides is 1. The van der Waals surface area contributed by atoms with Crippen molar-refractivity contribution in [1.29, 1.82) is 0 Å². The van der Waals surface area contributed by atoms with E-state index in [0.29, 0.717) is 25.0 Å². The Morgan fingerprint density at radius 1 is 1.16 bits per heavy atom. The fourth-order valence-corrected chi connectivity index (χ4v) is 9.21. The molecule has 0 aromatic carbocycles. The average Bonchev–Trinajstić information content (AvgIpc) is 3.17. The summed E-state index contributed by atoms with van der Waals surface area (Å²) in [6.45, 7) is 6.95. The van der Waals surface area contributed by atoms with Crippen molar-refractivity contribution in [3.63, 3.8) is 0 Å². The summed E-state index contributed by atoms with van der Waals surface area (Å²) in [5.74, 6) is -1.89. The van der Waals surface area contributed by atoms with Gasteiger partial charge in [0.1, 0.15) is 18.2 Å². The summed E-state index contributed by atoms with van der Waals surface area (Å²) in [6.07, 6.45) is 13.3. The van der Waals surface area contributed by atoms with Crippen molar-refractivity contribution < 1.29 is 33.7 Å². The smallest absolute Gasteiger partial charge is 0.408 e. The van der Waals surface area contributed by atoms with Crippen LogP contribution in [0.1, 0.15) is 91.9 Å². The molecule has 242 valence electrons. The molecule has 3 fully saturated rings. The standard InChI is InChI=1S/C34H48FN3O6/c1-5-27(39)34(43)21(2)17-26-25-14-13-22-18-23(15-16-31(22,3)33(25,35)28(40)19-32(26,34)4)37-38-29(41)20-36-30(42)44-24-11-9-7-6-8-10-12-24/h9,11,15-16,18,21,24-26,28,40,43H,5-8,10,12-14,17,19-20H2,1-4H3,(H,36,42)(H,38,41)/b11-9+,37-23+/t21-,24?,25+,26+,28+,31+,32+,33+,34+/m1/s1. The molecule has 0 aromatic rings. The minimum absolute atomic E-state index is 0.00255. The lowest BCUT2D eigenvalue weighted by Gasteiger charge is -2.62. The minimum atomic E-state index is -2.00. The van der Waals surface area contributed by atoms with Gasteiger partial charge in [-0.1, -0.05) is 44.9 Å². The van der Waals surface area contributed by atoms with Crippen LogP contribution < -0.4 is 10.7 Å². The number of amides is 2. The number of alkyl carbamates (subject to hydrolysis) is 1. The molecule has 0 saturated heterocycles. The Bertz CT molecular complexity index is 1300. The number of carbonyl (C=O) groups excluding carboxylic acids is 3. The molecule has 5 aliphatic carbocycles. The number of allylic oxidation sites excluding steroid dienone is 5. The second kappa shape index (κ2) is 12.2. The number of carbonyl (C=O) groups is 3. The van der Waals surface area contributed by atoms with Crippen molar-refractivity contribution in [3.05, 3.63) is 36.0 Å². The first-order valence-corrected chi connectivity index (χ1v) is 16.3. The van der Waals surface area contributed by atoms with Gasteiger partial charge in [-0.15, -0.1) is 0 Å². The predicted molar refractivity (Wildman–Crippen MR) is 164 cm³/mol. The Balaban J connectivity index is 1.25. The van der Waals surface area contributed by atoms with Crippen LogP contribution in [0.5, 0.6) is 0 Å². The molecule has 4 N–H and O–H groups in total. The number of fused-ring (bicyclic) bond motifs is 5. The van der Waals surface area contributed by atoms with Gasteiger partial charge in [-0.3, -0.25) is 9.59 Å². The van der Waals surface area contributed by atoms with E-state index < -0.39 is 46.1 Å². The van der Waals surface area contributed by atoms with Crippen molar-refractivity contribution in [2.75, 3.05) is 6.54 Å². The number of Topliss-reactive ketones (excluding diaryl/α,β-unsaturated/α-hetero) is 1. The third kappa shape index (κ3) is 5.15. The molecule has 0 spiro atoms. The molecule has 3 saturated carbocycles. The number of hydrogen-bond donors (Lipinski definition) is 4. The highest BCUT2D eigenvalue weighted by Gasteiger charge is 2.75. The third-order valence-electron chi connectivity index (χ3n) is 11.7. The number of hydrogen-bond acceptors (Lipinski definition) is 7. The molecule has 2 amide bonds. The number of nitrogens with zero attached hydrogens (tertiary/aromatic N) is 1. The Hall–Kier alpha value is -2.85. The van der Waals surface area contributed by atoms with Gasteiger partial charge < -0.3 is 20.3 Å². The average molecular weight is 614 g/mol. The van der Waals surface area contributed by atoms with Crippen molar-refractivity contribution in [2.24, 2.45) is 33.7 Å². The topological polar surface area (TPSA) is 137 Å². The summed E-state index contributed by atoms with van der Waals surface area (Å²) in [7, 11) is 0. The highest BCUT2D eigenvalue weighted by atomic mass is 19.1. The maximum atomic E-state index is 17.6. The molecule has 44 heavy (non-hydrogen) atoms. The van der Waals surface area contributed by atoms with Crippen LogP contribution in [0.4, 0.5) is 9.18 Å². The maximum absolute atomic E-state index is 17.6. The van der Waals surface area contributed by atoms with Gasteiger partial charge in [0.25, 0.3) is 5.91 Å². The normalized spacial score (nSPS) is 42.9. The number of aliphatic hydroxyl groups excluding tert-OH is 1. The van der Waals surface area contributed by atoms with Gasteiger partial charge in [-0.2, -0.15) is 5.10 Å². The van der Waals surface area contributed by atoms with Crippen LogP contribution in [-0.2, 0) is 14.3 Å². The number of ether oxygens (including phenoxy) is 1. The molecule has 0 radical (unpaired) electrons. The number of nitrogens with one attached hydrogen (secondary N) is 2. The van der Waals surface area contributed by atoms with Crippen LogP contribution in [0.3, 0.4) is 0 Å². The van der Waals surface area contributed by atoms with Gasteiger partial charge in [0.2, 0.25) is 0 Å². The van der Waals surface area contributed by atoms with Crippen molar-refractivity contribution in [3.8, 4) is 0 Å². The first kappa shape index (κ1) is 32.5. The zero-order valence-corrected chi connectivity index (χ0v) is 26.4. The van der Waals surface area contributed by atoms with Gasteiger partial charge in [0.05, 0.1) is 11.8 Å². The van der Waals surface area contributed by atoms with Crippen LogP contribution >= 0.6 is 0 Å². The summed E-state index contributed by atoms with van der Waals surface area (Å²) in [5.41, 5.74) is -1.98. The van der Waals surface area contributed by atoms with Crippen LogP contribution in [0.15, 0.2) is 41.1 Å². The highest BCUT2D eigenvalue weighted by Crippen LogP contribution is 2.70. The fraction of sp³-hybridized carbons (Fsp3) is 0.706. The Morgan fingerprint density at radius 2 is 1.93 bits per heavy atom. The van der Waals surface area contributed by atoms with E-state index in [-0.39, 0.29) is 43.1 Å². The number of hydrazone groups is 1. The van der Waals surface area contributed by atoms with Gasteiger partial charge in [-0.05, 0) is 88.4 Å². The van der Waals surface area contributed by atoms with Crippen LogP contribution in [0.2, 0.25) is 0 Å². The van der Waals surface area contributed by atoms with E-state index in [1.807, 2.05) is 26.0 Å². The van der Waals surface area contributed by atoms with Gasteiger partial charge in [0.15, 0.2) is 11.5 Å². The Morgan fingerprint density at radius 3 is 2.68 bits per heavy atom. The largest absolute Gasteiger partial charge is 0.442 e. The van der Waals surface area contributed by atoms with Gasteiger partial charge in [0, 0.05) is 23.2 Å². The van der Waals surface area contributed by atoms with Crippen LogP contribution in [0.25, 0.3) is 0 Å². The molecular formula is C34H48FN3O6. The van der Waals surface area contributed by atoms with Crippen molar-refractivity contribution >= 4 is 23.5 Å². The van der Waals surface area contributed by atoms with E-state index in [4.69, 9.17) is 4.74 Å². The van der Waals surface area contributed by atoms with Crippen molar-refractivity contribution in [1.82, 2.24) is 10.7 Å². The molecule has 5 aliphatic rings. The Kier molecular flexibility index (Phi) is 8.99. The Labute approximate surface area is 259 Å². The molecule has 9 atom stereocenters. The molecule has 1 unspecified atom stereocenters. The molecule has 10 heteroatoms. The molecule has 0 aliphatic heterocycles. The van der Waals surface area contributed by atoms with E-state index in [0.717, 1.165) is 37.7 Å². The zero-order valence-electron chi connectivity index (χ0n) is 26.4. The maximum Gasteiger partial charge on any atom is 0.408 e. The summed E-state index contributed by atoms with van der Waals surface area (Å²) in [5, 5.41) is 30.0. The lowest BCUT2D eigenvalue weighted by atomic mass is 9.44. The number of rotatable bonds is 6. The minimum Gasteiger partial charge on any atom is -0.442 e. The van der Waals surface area contributed by atoms with E-state index >= 15 is 4.39 Å². The third-order valence-corrected chi connectivity index (χ3v) is 11.7. The number of ketones is 1. The van der Waals surface area contributed by atoms with E-state index in [2.05, 4.69) is 15.8 Å². The van der Waals surface area contributed by atoms with E-state index in [1.54, 1.807) is 32.1 Å². The summed E-state index contributed by atoms with van der Waals surface area (Å²) >= 11 is 0. The fourth-order valence-electron chi connectivity index (χ4n) is 9.21. The molecule has 0 heterocycles. The lowest BCUT2D eigenvalue weighted by Crippen LogP contribution is -2.69. The first-order chi connectivity index (χ1) is 20.8. The predicted octanol–water partition coefficient (Wildman–Crippen LogP) is 4.83. The van der Waals surface area contributed by atoms with E-state index in [9.17, 15) is 24.6 Å². The van der Waals surface area contributed by atoms with Crippen LogP contribution in [0, 0.1) is 28.6 Å². The summed E-state index contributed by atoms with van der Waals surface area (Å²) in [4.78, 5) is 37.6. The molecular weight excluding hydrogens is 565 g/mol. The monoisotopic (exact) mass is 613 g/mol. The second-order valence-electron chi connectivity index (χ2n) is 14.0. The summed E-state index contributed by atoms with van der Waals surface area (Å²) < 4.78 is 23.0. The first-order valence-electron chi connectivity index (χ1n) is 16.3. The lowest BCUT2D eigenvalue weighted by molar-refractivity contribution is -0.218. The van der Waals surface area contributed by atoms with Gasteiger partial charge in [-0.25, -0.2) is 14.6 Å². The number of halogens is 1. The van der Waals surface area contributed by atoms with Gasteiger partial charge >= 0.3 is 6.09 Å². The second-order valence-corrected chi connectivity index (χ2v) is 14.0. The number of aliphatic hydroxyl groups is 2. The molecule has 5 rings (SSSR count). The molecule has 0 bridgehead atoms. The van der Waals surface area contributed by atoms with Crippen molar-refractivity contribution in [2.45, 2.75) is 115 Å². The summed E-state index contributed by atoms with van der Waals surface area (Å²) in [6, 6.07) is 0. The zero-order chi connectivity index (χ0) is 31.9. The highest BCUT2D eigenvalue weighted by molar-refractivity contribution is 6.06. The molecule has 9 nitrogen and oxygen atoms in total. The van der Waals surface area contributed by atoms with Crippen LogP contribution in [-0.4, -0.2) is 63.7 Å². The quantitative estimate of drug-likeness (QED) is 0.250.